The summed E-state index contributed by atoms with van der Waals surface area (Å²) in [6, 6.07) is 5.43. The Morgan fingerprint density at radius 3 is 1.85 bits per heavy atom. The van der Waals surface area contributed by atoms with Gasteiger partial charge in [0, 0.05) is 12.5 Å². The zero-order valence-corrected chi connectivity index (χ0v) is 8.05. The highest BCUT2D eigenvalue weighted by atomic mass is 16.2. The van der Waals surface area contributed by atoms with Crippen molar-refractivity contribution >= 4 is 11.6 Å². The summed E-state index contributed by atoms with van der Waals surface area (Å²) >= 11 is 0. The van der Waals surface area contributed by atoms with Gasteiger partial charge in [-0.15, -0.1) is 0 Å². The summed E-state index contributed by atoms with van der Waals surface area (Å²) in [5.41, 5.74) is 2.50. The number of benzene rings is 1. The van der Waals surface area contributed by atoms with Gasteiger partial charge in [-0.1, -0.05) is 17.2 Å². The number of Topliss-reactive ketones (excluding diaryl/α,β-unsaturated/α-hetero) is 2. The maximum absolute atomic E-state index is 11.3. The van der Waals surface area contributed by atoms with E-state index in [-0.39, 0.29) is 0 Å². The Balaban J connectivity index is 3.15. The Morgan fingerprint density at radius 1 is 1.00 bits per heavy atom. The summed E-state index contributed by atoms with van der Waals surface area (Å²) in [7, 11) is 0. The largest absolute Gasteiger partial charge is 0.291 e. The molecule has 0 saturated heterocycles. The molecule has 0 aliphatic heterocycles. The molecule has 0 aliphatic carbocycles. The zero-order valence-electron chi connectivity index (χ0n) is 8.05. The minimum Gasteiger partial charge on any atom is -0.291 e. The van der Waals surface area contributed by atoms with Gasteiger partial charge in [-0.25, -0.2) is 0 Å². The van der Waals surface area contributed by atoms with Gasteiger partial charge in [0.15, 0.2) is 5.78 Å². The van der Waals surface area contributed by atoms with Gasteiger partial charge in [-0.3, -0.25) is 9.59 Å². The van der Waals surface area contributed by atoms with E-state index in [1.807, 2.05) is 19.9 Å². The normalized spacial score (nSPS) is 9.77. The van der Waals surface area contributed by atoms with E-state index in [4.69, 9.17) is 0 Å². The molecule has 0 radical (unpaired) electrons. The summed E-state index contributed by atoms with van der Waals surface area (Å²) in [5, 5.41) is 0. The number of ketones is 2. The van der Waals surface area contributed by atoms with Gasteiger partial charge in [0.2, 0.25) is 5.78 Å². The lowest BCUT2D eigenvalue weighted by atomic mass is 10.0. The van der Waals surface area contributed by atoms with E-state index in [1.54, 1.807) is 12.1 Å². The highest BCUT2D eigenvalue weighted by Crippen LogP contribution is 2.09. The molecular formula is C11H12O2. The van der Waals surface area contributed by atoms with E-state index in [2.05, 4.69) is 0 Å². The van der Waals surface area contributed by atoms with E-state index in [9.17, 15) is 9.59 Å². The highest BCUT2D eigenvalue weighted by Gasteiger charge is 2.11. The minimum atomic E-state index is -0.412. The Hall–Kier alpha value is -1.44. The predicted octanol–water partition coefficient (Wildman–Crippen LogP) is 2.08. The van der Waals surface area contributed by atoms with Gasteiger partial charge in [0.05, 0.1) is 0 Å². The molecule has 13 heavy (non-hydrogen) atoms. The van der Waals surface area contributed by atoms with E-state index in [0.29, 0.717) is 5.56 Å². The molecule has 0 fully saturated rings. The number of hydrogen-bond acceptors (Lipinski definition) is 2. The van der Waals surface area contributed by atoms with Crippen LogP contribution in [-0.4, -0.2) is 11.6 Å². The lowest BCUT2D eigenvalue weighted by Crippen LogP contribution is -2.09. The molecule has 0 bridgehead atoms. The quantitative estimate of drug-likeness (QED) is 0.510. The Kier molecular flexibility index (Phi) is 2.61. The monoisotopic (exact) mass is 176 g/mol. The Bertz CT molecular complexity index is 344. The molecule has 0 heterocycles. The highest BCUT2D eigenvalue weighted by molar-refractivity contribution is 6.42. The molecule has 0 atom stereocenters. The Labute approximate surface area is 77.6 Å². The fourth-order valence-electron chi connectivity index (χ4n) is 1.31. The summed E-state index contributed by atoms with van der Waals surface area (Å²) in [4.78, 5) is 22.1. The second kappa shape index (κ2) is 3.52. The van der Waals surface area contributed by atoms with Crippen LogP contribution >= 0.6 is 0 Å². The van der Waals surface area contributed by atoms with Crippen LogP contribution in [0.5, 0.6) is 0 Å². The molecule has 0 spiro atoms. The van der Waals surface area contributed by atoms with Crippen molar-refractivity contribution in [2.24, 2.45) is 0 Å². The number of rotatable bonds is 2. The number of carbonyl (C=O) groups excluding carboxylic acids is 2. The lowest BCUT2D eigenvalue weighted by Gasteiger charge is -2.01. The number of aryl methyl sites for hydroxylation is 2. The smallest absolute Gasteiger partial charge is 0.228 e. The van der Waals surface area contributed by atoms with Gasteiger partial charge >= 0.3 is 0 Å². The summed E-state index contributed by atoms with van der Waals surface area (Å²) < 4.78 is 0. The molecule has 2 nitrogen and oxygen atoms in total. The fraction of sp³-hybridized carbons (Fsp3) is 0.273. The Morgan fingerprint density at radius 2 is 1.46 bits per heavy atom. The standard InChI is InChI=1S/C11H12O2/c1-7-4-8(2)6-10(5-7)11(13)9(3)12/h4-6H,1-3H3. The maximum Gasteiger partial charge on any atom is 0.228 e. The van der Waals surface area contributed by atoms with Crippen LogP contribution in [0, 0.1) is 13.8 Å². The van der Waals surface area contributed by atoms with Crippen LogP contribution in [0.15, 0.2) is 18.2 Å². The number of hydrogen-bond donors (Lipinski definition) is 0. The maximum atomic E-state index is 11.3. The fourth-order valence-corrected chi connectivity index (χ4v) is 1.31. The minimum absolute atomic E-state index is 0.410. The van der Waals surface area contributed by atoms with Crippen molar-refractivity contribution < 1.29 is 9.59 Å². The van der Waals surface area contributed by atoms with Crippen molar-refractivity contribution in [1.29, 1.82) is 0 Å². The first-order valence-corrected chi connectivity index (χ1v) is 4.14. The predicted molar refractivity (Wildman–Crippen MR) is 50.9 cm³/mol. The molecule has 0 saturated carbocycles. The van der Waals surface area contributed by atoms with Gasteiger partial charge in [-0.2, -0.15) is 0 Å². The van der Waals surface area contributed by atoms with Crippen LogP contribution in [0.1, 0.15) is 28.4 Å². The third-order valence-corrected chi connectivity index (χ3v) is 1.80. The van der Waals surface area contributed by atoms with Gasteiger partial charge in [-0.05, 0) is 26.0 Å². The first-order valence-electron chi connectivity index (χ1n) is 4.14. The molecule has 2 heteroatoms. The zero-order chi connectivity index (χ0) is 10.0. The van der Waals surface area contributed by atoms with Gasteiger partial charge < -0.3 is 0 Å². The molecule has 0 N–H and O–H groups in total. The topological polar surface area (TPSA) is 34.1 Å². The molecule has 0 aliphatic rings. The summed E-state index contributed by atoms with van der Waals surface area (Å²) in [6.45, 7) is 5.10. The summed E-state index contributed by atoms with van der Waals surface area (Å²) in [5.74, 6) is -0.822. The molecule has 0 amide bonds. The second-order valence-electron chi connectivity index (χ2n) is 3.26. The summed E-state index contributed by atoms with van der Waals surface area (Å²) in [6.07, 6.45) is 0. The van der Waals surface area contributed by atoms with Crippen molar-refractivity contribution in [2.75, 3.05) is 0 Å². The molecule has 0 aromatic heterocycles. The van der Waals surface area contributed by atoms with Crippen LogP contribution in [0.3, 0.4) is 0 Å². The molecule has 68 valence electrons. The van der Waals surface area contributed by atoms with Crippen LogP contribution in [-0.2, 0) is 4.79 Å². The molecule has 1 aromatic carbocycles. The van der Waals surface area contributed by atoms with E-state index in [0.717, 1.165) is 11.1 Å². The van der Waals surface area contributed by atoms with Crippen LogP contribution in [0.2, 0.25) is 0 Å². The molecular weight excluding hydrogens is 164 g/mol. The SMILES string of the molecule is CC(=O)C(=O)c1cc(C)cc(C)c1. The van der Waals surface area contributed by atoms with Crippen molar-refractivity contribution in [3.63, 3.8) is 0 Å². The average Bonchev–Trinajstić information content (AvgIpc) is 2.01. The average molecular weight is 176 g/mol. The van der Waals surface area contributed by atoms with Crippen molar-refractivity contribution in [3.8, 4) is 0 Å². The van der Waals surface area contributed by atoms with Gasteiger partial charge in [0.25, 0.3) is 0 Å². The third kappa shape index (κ3) is 2.25. The molecule has 1 rings (SSSR count). The van der Waals surface area contributed by atoms with Crippen LogP contribution in [0.4, 0.5) is 0 Å². The van der Waals surface area contributed by atoms with E-state index >= 15 is 0 Å². The van der Waals surface area contributed by atoms with Crippen LogP contribution < -0.4 is 0 Å². The lowest BCUT2D eigenvalue weighted by molar-refractivity contribution is -0.113. The van der Waals surface area contributed by atoms with Crippen molar-refractivity contribution in [3.05, 3.63) is 34.9 Å². The number of carbonyl (C=O) groups is 2. The van der Waals surface area contributed by atoms with E-state index in [1.165, 1.54) is 6.92 Å². The van der Waals surface area contributed by atoms with Crippen LogP contribution in [0.25, 0.3) is 0 Å². The van der Waals surface area contributed by atoms with Gasteiger partial charge in [0.1, 0.15) is 0 Å². The second-order valence-corrected chi connectivity index (χ2v) is 3.26. The first-order chi connectivity index (χ1) is 6.00. The first kappa shape index (κ1) is 9.65. The van der Waals surface area contributed by atoms with E-state index < -0.39 is 11.6 Å². The molecule has 1 aromatic rings. The van der Waals surface area contributed by atoms with Crippen molar-refractivity contribution in [2.45, 2.75) is 20.8 Å². The molecule has 0 unspecified atom stereocenters. The third-order valence-electron chi connectivity index (χ3n) is 1.80. The van der Waals surface area contributed by atoms with Crippen molar-refractivity contribution in [1.82, 2.24) is 0 Å².